The van der Waals surface area contributed by atoms with E-state index in [4.69, 9.17) is 0 Å². The van der Waals surface area contributed by atoms with Crippen molar-refractivity contribution >= 4 is 11.6 Å². The normalized spacial score (nSPS) is 10.2. The Morgan fingerprint density at radius 1 is 1.24 bits per heavy atom. The molecule has 0 atom stereocenters. The number of nitrogens with one attached hydrogen (secondary N) is 2. The second-order valence-corrected chi connectivity index (χ2v) is 3.65. The minimum atomic E-state index is 0.610. The van der Waals surface area contributed by atoms with Crippen LogP contribution < -0.4 is 10.6 Å². The zero-order chi connectivity index (χ0) is 12.1. The van der Waals surface area contributed by atoms with Crippen molar-refractivity contribution in [2.24, 2.45) is 7.05 Å². The summed E-state index contributed by atoms with van der Waals surface area (Å²) in [6, 6.07) is 5.83. The van der Waals surface area contributed by atoms with Crippen LogP contribution in [0.1, 0.15) is 12.7 Å². The lowest BCUT2D eigenvalue weighted by Crippen LogP contribution is -2.07. The highest BCUT2D eigenvalue weighted by atomic mass is 15.3. The molecule has 2 N–H and O–H groups in total. The van der Waals surface area contributed by atoms with Gasteiger partial charge in [0, 0.05) is 13.6 Å². The summed E-state index contributed by atoms with van der Waals surface area (Å²) in [4.78, 5) is 4.41. The largest absolute Gasteiger partial charge is 0.370 e. The van der Waals surface area contributed by atoms with Crippen molar-refractivity contribution < 1.29 is 0 Å². The minimum absolute atomic E-state index is 0.610. The van der Waals surface area contributed by atoms with Crippen molar-refractivity contribution in [3.63, 3.8) is 0 Å². The number of hydrogen-bond donors (Lipinski definition) is 2. The Kier molecular flexibility index (Phi) is 3.54. The molecule has 0 aliphatic heterocycles. The zero-order valence-electron chi connectivity index (χ0n) is 10.0. The number of hydrogen-bond acceptors (Lipinski definition) is 5. The molecule has 2 aromatic rings. The van der Waals surface area contributed by atoms with Gasteiger partial charge in [-0.1, -0.05) is 6.07 Å². The highest BCUT2D eigenvalue weighted by Crippen LogP contribution is 2.09. The first-order valence-electron chi connectivity index (χ1n) is 5.57. The van der Waals surface area contributed by atoms with E-state index >= 15 is 0 Å². The smallest absolute Gasteiger partial charge is 0.151 e. The third-order valence-electron chi connectivity index (χ3n) is 2.34. The van der Waals surface area contributed by atoms with Crippen LogP contribution in [0.5, 0.6) is 0 Å². The van der Waals surface area contributed by atoms with Gasteiger partial charge in [0.05, 0.1) is 6.54 Å². The summed E-state index contributed by atoms with van der Waals surface area (Å²) in [7, 11) is 1.92. The molecule has 0 saturated carbocycles. The van der Waals surface area contributed by atoms with Gasteiger partial charge in [-0.25, -0.2) is 4.98 Å². The third-order valence-corrected chi connectivity index (χ3v) is 2.34. The molecule has 6 nitrogen and oxygen atoms in total. The van der Waals surface area contributed by atoms with E-state index in [2.05, 4.69) is 25.8 Å². The van der Waals surface area contributed by atoms with Gasteiger partial charge in [-0.2, -0.15) is 0 Å². The summed E-state index contributed by atoms with van der Waals surface area (Å²) in [6.07, 6.45) is 1.68. The fourth-order valence-electron chi connectivity index (χ4n) is 1.45. The summed E-state index contributed by atoms with van der Waals surface area (Å²) in [5.41, 5.74) is 0. The van der Waals surface area contributed by atoms with E-state index in [-0.39, 0.29) is 0 Å². The van der Waals surface area contributed by atoms with Crippen molar-refractivity contribution in [2.75, 3.05) is 17.2 Å². The van der Waals surface area contributed by atoms with E-state index in [0.29, 0.717) is 6.54 Å². The summed E-state index contributed by atoms with van der Waals surface area (Å²) in [6.45, 7) is 3.51. The minimum Gasteiger partial charge on any atom is -0.370 e. The molecule has 2 aromatic heterocycles. The van der Waals surface area contributed by atoms with Gasteiger partial charge >= 0.3 is 0 Å². The monoisotopic (exact) mass is 232 g/mol. The van der Waals surface area contributed by atoms with Gasteiger partial charge in [-0.05, 0) is 19.1 Å². The maximum atomic E-state index is 4.41. The molecule has 90 valence electrons. The van der Waals surface area contributed by atoms with Gasteiger partial charge in [0.15, 0.2) is 5.82 Å². The molecule has 0 saturated heterocycles. The van der Waals surface area contributed by atoms with Gasteiger partial charge in [0.25, 0.3) is 0 Å². The van der Waals surface area contributed by atoms with Gasteiger partial charge in [0.2, 0.25) is 0 Å². The lowest BCUT2D eigenvalue weighted by molar-refractivity contribution is 0.810. The predicted molar refractivity (Wildman–Crippen MR) is 66.7 cm³/mol. The number of anilines is 2. The van der Waals surface area contributed by atoms with E-state index in [1.165, 1.54) is 0 Å². The number of rotatable bonds is 5. The summed E-state index contributed by atoms with van der Waals surface area (Å²) in [5.74, 6) is 2.57. The van der Waals surface area contributed by atoms with Crippen molar-refractivity contribution in [3.8, 4) is 0 Å². The average Bonchev–Trinajstić information content (AvgIpc) is 2.73. The number of aromatic nitrogens is 4. The van der Waals surface area contributed by atoms with E-state index in [9.17, 15) is 0 Å². The SMILES string of the molecule is CCNc1cccc(NCc2nncn2C)n1. The zero-order valence-corrected chi connectivity index (χ0v) is 10.0. The second-order valence-electron chi connectivity index (χ2n) is 3.65. The fourth-order valence-corrected chi connectivity index (χ4v) is 1.45. The molecule has 2 heterocycles. The molecule has 0 aromatic carbocycles. The quantitative estimate of drug-likeness (QED) is 0.812. The number of aryl methyl sites for hydroxylation is 1. The van der Waals surface area contributed by atoms with Crippen LogP contribution in [0.3, 0.4) is 0 Å². The third kappa shape index (κ3) is 2.93. The van der Waals surface area contributed by atoms with Crippen LogP contribution in [0.4, 0.5) is 11.6 Å². The van der Waals surface area contributed by atoms with Crippen molar-refractivity contribution in [2.45, 2.75) is 13.5 Å². The first-order chi connectivity index (χ1) is 8.29. The summed E-state index contributed by atoms with van der Waals surface area (Å²) < 4.78 is 1.88. The first kappa shape index (κ1) is 11.4. The van der Waals surface area contributed by atoms with Crippen LogP contribution in [0.2, 0.25) is 0 Å². The lowest BCUT2D eigenvalue weighted by atomic mass is 10.4. The Labute approximate surface area is 100 Å². The Hall–Kier alpha value is -2.11. The van der Waals surface area contributed by atoms with Gasteiger partial charge in [-0.15, -0.1) is 10.2 Å². The molecule has 2 rings (SSSR count). The molecular weight excluding hydrogens is 216 g/mol. The Morgan fingerprint density at radius 2 is 2.00 bits per heavy atom. The van der Waals surface area contributed by atoms with E-state index in [0.717, 1.165) is 24.0 Å². The van der Waals surface area contributed by atoms with Crippen molar-refractivity contribution in [1.82, 2.24) is 19.7 Å². The van der Waals surface area contributed by atoms with Gasteiger partial charge in [-0.3, -0.25) is 0 Å². The van der Waals surface area contributed by atoms with Crippen LogP contribution in [-0.2, 0) is 13.6 Å². The highest BCUT2D eigenvalue weighted by molar-refractivity contribution is 5.44. The standard InChI is InChI=1S/C11H16N6/c1-3-12-9-5-4-6-10(15-9)13-7-11-16-14-8-17(11)2/h4-6,8H,3,7H2,1-2H3,(H2,12,13,15). The van der Waals surface area contributed by atoms with Crippen molar-refractivity contribution in [3.05, 3.63) is 30.4 Å². The van der Waals surface area contributed by atoms with Gasteiger partial charge in [0.1, 0.15) is 18.0 Å². The lowest BCUT2D eigenvalue weighted by Gasteiger charge is -2.07. The molecular formula is C11H16N6. The maximum Gasteiger partial charge on any atom is 0.151 e. The van der Waals surface area contributed by atoms with E-state index in [1.54, 1.807) is 6.33 Å². The molecule has 0 radical (unpaired) electrons. The molecule has 0 bridgehead atoms. The predicted octanol–water partition coefficient (Wildman–Crippen LogP) is 1.25. The first-order valence-corrected chi connectivity index (χ1v) is 5.57. The number of pyridine rings is 1. The molecule has 6 heteroatoms. The van der Waals surface area contributed by atoms with Crippen LogP contribution in [-0.4, -0.2) is 26.3 Å². The van der Waals surface area contributed by atoms with Gasteiger partial charge < -0.3 is 15.2 Å². The Balaban J connectivity index is 1.99. The molecule has 0 spiro atoms. The Bertz CT molecular complexity index is 478. The molecule has 17 heavy (non-hydrogen) atoms. The maximum absolute atomic E-state index is 4.41. The Morgan fingerprint density at radius 3 is 2.65 bits per heavy atom. The van der Waals surface area contributed by atoms with Crippen LogP contribution in [0, 0.1) is 0 Å². The van der Waals surface area contributed by atoms with E-state index in [1.807, 2.05) is 36.7 Å². The fraction of sp³-hybridized carbons (Fsp3) is 0.364. The van der Waals surface area contributed by atoms with E-state index < -0.39 is 0 Å². The van der Waals surface area contributed by atoms with Crippen LogP contribution in [0.15, 0.2) is 24.5 Å². The molecule has 0 unspecified atom stereocenters. The molecule has 0 aliphatic rings. The van der Waals surface area contributed by atoms with Crippen LogP contribution in [0.25, 0.3) is 0 Å². The van der Waals surface area contributed by atoms with Crippen molar-refractivity contribution in [1.29, 1.82) is 0 Å². The molecule has 0 amide bonds. The summed E-state index contributed by atoms with van der Waals surface area (Å²) >= 11 is 0. The molecule has 0 fully saturated rings. The van der Waals surface area contributed by atoms with Crippen LogP contribution >= 0.6 is 0 Å². The topological polar surface area (TPSA) is 67.7 Å². The second kappa shape index (κ2) is 5.29. The average molecular weight is 232 g/mol. The summed E-state index contributed by atoms with van der Waals surface area (Å²) in [5, 5.41) is 14.2. The molecule has 0 aliphatic carbocycles. The highest BCUT2D eigenvalue weighted by Gasteiger charge is 2.01. The number of nitrogens with zero attached hydrogens (tertiary/aromatic N) is 4.